The number of aliphatic imine (C=N–C) groups is 1. The molecule has 0 heterocycles. The van der Waals surface area contributed by atoms with Crippen LogP contribution in [0.15, 0.2) is 33.7 Å². The molecule has 1 unspecified atom stereocenters. The summed E-state index contributed by atoms with van der Waals surface area (Å²) >= 11 is 3.50. The van der Waals surface area contributed by atoms with E-state index >= 15 is 0 Å². The number of nitrogens with zero attached hydrogens (tertiary/aromatic N) is 1. The summed E-state index contributed by atoms with van der Waals surface area (Å²) in [5.41, 5.74) is 1.29. The Hall–Kier alpha value is -1.08. The third-order valence-electron chi connectivity index (χ3n) is 3.61. The van der Waals surface area contributed by atoms with Crippen LogP contribution < -0.4 is 10.6 Å². The summed E-state index contributed by atoms with van der Waals surface area (Å²) in [7, 11) is -2.97. The van der Waals surface area contributed by atoms with Crippen molar-refractivity contribution in [1.82, 2.24) is 10.6 Å². The summed E-state index contributed by atoms with van der Waals surface area (Å²) in [6, 6.07) is 8.35. The van der Waals surface area contributed by atoms with Gasteiger partial charge in [0.15, 0.2) is 5.96 Å². The second-order valence-corrected chi connectivity index (χ2v) is 9.06. The van der Waals surface area contributed by atoms with Crippen molar-refractivity contribution in [1.29, 1.82) is 0 Å². The second-order valence-electron chi connectivity index (χ2n) is 5.88. The first kappa shape index (κ1) is 21.0. The van der Waals surface area contributed by atoms with Gasteiger partial charge in [0.1, 0.15) is 9.84 Å². The quantitative estimate of drug-likeness (QED) is 0.478. The zero-order valence-electron chi connectivity index (χ0n) is 14.7. The van der Waals surface area contributed by atoms with Crippen molar-refractivity contribution >= 4 is 31.7 Å². The molecule has 0 radical (unpaired) electrons. The molecule has 5 nitrogen and oxygen atoms in total. The lowest BCUT2D eigenvalue weighted by Gasteiger charge is -2.15. The predicted octanol–water partition coefficient (Wildman–Crippen LogP) is 2.62. The Morgan fingerprint density at radius 1 is 1.29 bits per heavy atom. The van der Waals surface area contributed by atoms with Gasteiger partial charge >= 0.3 is 0 Å². The summed E-state index contributed by atoms with van der Waals surface area (Å²) in [6.45, 7) is 5.98. The lowest BCUT2D eigenvalue weighted by atomic mass is 9.97. The Morgan fingerprint density at radius 2 is 2.04 bits per heavy atom. The molecule has 0 saturated carbocycles. The molecule has 0 bridgehead atoms. The third kappa shape index (κ3) is 9.27. The molecular weight excluding hydrogens is 390 g/mol. The standard InChI is InChI=1S/C17H28BrN3O2S/c1-4-14(11-15-7-6-8-16(18)12-15)13-21-17(19-5-2)20-9-10-24(3,22)23/h6-8,12,14H,4-5,9-11,13H2,1-3H3,(H2,19,20,21). The van der Waals surface area contributed by atoms with Crippen LogP contribution in [0.3, 0.4) is 0 Å². The van der Waals surface area contributed by atoms with Crippen LogP contribution >= 0.6 is 15.9 Å². The van der Waals surface area contributed by atoms with Crippen LogP contribution in [0.2, 0.25) is 0 Å². The SMILES string of the molecule is CCNC(=NCC(CC)Cc1cccc(Br)c1)NCCS(C)(=O)=O. The van der Waals surface area contributed by atoms with Crippen LogP contribution in [0.4, 0.5) is 0 Å². The first-order valence-electron chi connectivity index (χ1n) is 8.28. The summed E-state index contributed by atoms with van der Waals surface area (Å²) in [4.78, 5) is 4.61. The Kier molecular flexibility index (Phi) is 9.36. The Bertz CT molecular complexity index is 632. The van der Waals surface area contributed by atoms with E-state index < -0.39 is 9.84 Å². The highest BCUT2D eigenvalue weighted by Crippen LogP contribution is 2.17. The normalized spacial score (nSPS) is 13.6. The number of halogens is 1. The van der Waals surface area contributed by atoms with E-state index in [1.807, 2.05) is 19.1 Å². The average Bonchev–Trinajstić information content (AvgIpc) is 2.50. The van der Waals surface area contributed by atoms with Crippen molar-refractivity contribution in [2.75, 3.05) is 31.6 Å². The molecule has 0 spiro atoms. The maximum Gasteiger partial charge on any atom is 0.191 e. The van der Waals surface area contributed by atoms with Gasteiger partial charge in [0.2, 0.25) is 0 Å². The molecule has 0 saturated heterocycles. The molecule has 1 aromatic rings. The maximum atomic E-state index is 11.2. The lowest BCUT2D eigenvalue weighted by molar-refractivity contribution is 0.517. The Labute approximate surface area is 154 Å². The van der Waals surface area contributed by atoms with E-state index in [0.29, 0.717) is 25.0 Å². The second kappa shape index (κ2) is 10.7. The molecule has 0 aliphatic rings. The summed E-state index contributed by atoms with van der Waals surface area (Å²) < 4.78 is 23.5. The zero-order chi connectivity index (χ0) is 18.0. The summed E-state index contributed by atoms with van der Waals surface area (Å²) in [5.74, 6) is 1.23. The van der Waals surface area contributed by atoms with E-state index in [1.165, 1.54) is 11.8 Å². The average molecular weight is 418 g/mol. The van der Waals surface area contributed by atoms with Gasteiger partial charge in [-0.25, -0.2) is 8.42 Å². The molecule has 24 heavy (non-hydrogen) atoms. The van der Waals surface area contributed by atoms with E-state index in [0.717, 1.165) is 23.9 Å². The monoisotopic (exact) mass is 417 g/mol. The van der Waals surface area contributed by atoms with E-state index in [9.17, 15) is 8.42 Å². The van der Waals surface area contributed by atoms with Gasteiger partial charge in [-0.15, -0.1) is 0 Å². The highest BCUT2D eigenvalue weighted by Gasteiger charge is 2.09. The smallest absolute Gasteiger partial charge is 0.191 e. The van der Waals surface area contributed by atoms with E-state index in [-0.39, 0.29) is 5.75 Å². The van der Waals surface area contributed by atoms with E-state index in [4.69, 9.17) is 0 Å². The largest absolute Gasteiger partial charge is 0.357 e. The number of hydrogen-bond donors (Lipinski definition) is 2. The molecule has 0 aliphatic carbocycles. The van der Waals surface area contributed by atoms with Crippen LogP contribution in [-0.4, -0.2) is 46.0 Å². The molecular formula is C17H28BrN3O2S. The molecule has 1 atom stereocenters. The van der Waals surface area contributed by atoms with Gasteiger partial charge < -0.3 is 10.6 Å². The number of nitrogens with one attached hydrogen (secondary N) is 2. The van der Waals surface area contributed by atoms with Gasteiger partial charge in [0.25, 0.3) is 0 Å². The number of rotatable bonds is 9. The molecule has 1 aromatic carbocycles. The van der Waals surface area contributed by atoms with Gasteiger partial charge in [-0.1, -0.05) is 41.4 Å². The molecule has 0 aliphatic heterocycles. The van der Waals surface area contributed by atoms with Gasteiger partial charge in [-0.2, -0.15) is 0 Å². The van der Waals surface area contributed by atoms with E-state index in [2.05, 4.69) is 50.6 Å². The van der Waals surface area contributed by atoms with Gasteiger partial charge in [0.05, 0.1) is 5.75 Å². The minimum atomic E-state index is -2.97. The van der Waals surface area contributed by atoms with Crippen molar-refractivity contribution in [2.45, 2.75) is 26.7 Å². The molecule has 0 amide bonds. The van der Waals surface area contributed by atoms with Crippen molar-refractivity contribution in [2.24, 2.45) is 10.9 Å². The minimum Gasteiger partial charge on any atom is -0.357 e. The summed E-state index contributed by atoms with van der Waals surface area (Å²) in [5, 5.41) is 6.24. The molecule has 0 fully saturated rings. The van der Waals surface area contributed by atoms with Crippen LogP contribution in [0, 0.1) is 5.92 Å². The molecule has 0 aromatic heterocycles. The highest BCUT2D eigenvalue weighted by atomic mass is 79.9. The zero-order valence-corrected chi connectivity index (χ0v) is 17.1. The molecule has 7 heteroatoms. The predicted molar refractivity (Wildman–Crippen MR) is 105 cm³/mol. The van der Waals surface area contributed by atoms with Crippen LogP contribution in [0.5, 0.6) is 0 Å². The maximum absolute atomic E-state index is 11.2. The first-order chi connectivity index (χ1) is 11.3. The van der Waals surface area contributed by atoms with Crippen molar-refractivity contribution < 1.29 is 8.42 Å². The number of sulfone groups is 1. The van der Waals surface area contributed by atoms with Gasteiger partial charge in [-0.3, -0.25) is 4.99 Å². The lowest BCUT2D eigenvalue weighted by Crippen LogP contribution is -2.39. The topological polar surface area (TPSA) is 70.6 Å². The Balaban J connectivity index is 2.60. The number of hydrogen-bond acceptors (Lipinski definition) is 3. The van der Waals surface area contributed by atoms with Crippen LogP contribution in [0.1, 0.15) is 25.8 Å². The Morgan fingerprint density at radius 3 is 2.62 bits per heavy atom. The summed E-state index contributed by atoms with van der Waals surface area (Å²) in [6.07, 6.45) is 3.25. The molecule has 1 rings (SSSR count). The fourth-order valence-electron chi connectivity index (χ4n) is 2.25. The molecule has 2 N–H and O–H groups in total. The first-order valence-corrected chi connectivity index (χ1v) is 11.1. The van der Waals surface area contributed by atoms with Crippen LogP contribution in [0.25, 0.3) is 0 Å². The van der Waals surface area contributed by atoms with Crippen LogP contribution in [-0.2, 0) is 16.3 Å². The number of guanidine groups is 1. The minimum absolute atomic E-state index is 0.104. The third-order valence-corrected chi connectivity index (χ3v) is 5.05. The van der Waals surface area contributed by atoms with E-state index in [1.54, 1.807) is 0 Å². The fourth-order valence-corrected chi connectivity index (χ4v) is 3.17. The number of benzene rings is 1. The fraction of sp³-hybridized carbons (Fsp3) is 0.588. The van der Waals surface area contributed by atoms with Crippen molar-refractivity contribution in [3.05, 3.63) is 34.3 Å². The highest BCUT2D eigenvalue weighted by molar-refractivity contribution is 9.10. The van der Waals surface area contributed by atoms with Crippen molar-refractivity contribution in [3.8, 4) is 0 Å². The van der Waals surface area contributed by atoms with Gasteiger partial charge in [0, 0.05) is 30.4 Å². The van der Waals surface area contributed by atoms with Gasteiger partial charge in [-0.05, 0) is 37.0 Å². The van der Waals surface area contributed by atoms with Crippen molar-refractivity contribution in [3.63, 3.8) is 0 Å². The molecule has 136 valence electrons.